The van der Waals surface area contributed by atoms with Crippen molar-refractivity contribution in [3.8, 4) is 0 Å². The number of H-pyrrole nitrogens is 1. The first-order chi connectivity index (χ1) is 13.2. The molecule has 3 heterocycles. The number of aromatic amines is 1. The van der Waals surface area contributed by atoms with Gasteiger partial charge in [-0.15, -0.1) is 0 Å². The molecular weight excluding hydrogens is 342 g/mol. The molecule has 138 valence electrons. The zero-order valence-corrected chi connectivity index (χ0v) is 15.0. The van der Waals surface area contributed by atoms with E-state index < -0.39 is 0 Å². The van der Waals surface area contributed by atoms with Crippen molar-refractivity contribution >= 4 is 22.6 Å². The molecule has 1 aliphatic rings. The predicted molar refractivity (Wildman–Crippen MR) is 104 cm³/mol. The van der Waals surface area contributed by atoms with E-state index in [0.29, 0.717) is 42.8 Å². The molecule has 2 aromatic heterocycles. The number of carbonyl (C=O) groups is 1. The van der Waals surface area contributed by atoms with E-state index in [0.717, 1.165) is 13.1 Å². The van der Waals surface area contributed by atoms with Crippen molar-refractivity contribution in [1.29, 1.82) is 0 Å². The number of piperazine rings is 1. The minimum Gasteiger partial charge on any atom is -0.368 e. The highest BCUT2D eigenvalue weighted by molar-refractivity contribution is 5.77. The highest BCUT2D eigenvalue weighted by atomic mass is 16.2. The lowest BCUT2D eigenvalue weighted by Gasteiger charge is -2.36. The number of fused-ring (bicyclic) bond motifs is 1. The van der Waals surface area contributed by atoms with Gasteiger partial charge in [0.15, 0.2) is 5.52 Å². The van der Waals surface area contributed by atoms with Crippen molar-refractivity contribution in [3.05, 3.63) is 64.8 Å². The van der Waals surface area contributed by atoms with Gasteiger partial charge in [0.25, 0.3) is 5.56 Å². The Kier molecular flexibility index (Phi) is 4.82. The molecule has 7 nitrogen and oxygen atoms in total. The van der Waals surface area contributed by atoms with Crippen LogP contribution in [0.2, 0.25) is 0 Å². The summed E-state index contributed by atoms with van der Waals surface area (Å²) in [6, 6.07) is 13.7. The monoisotopic (exact) mass is 363 g/mol. The van der Waals surface area contributed by atoms with Crippen molar-refractivity contribution in [3.63, 3.8) is 0 Å². The number of nitrogens with zero attached hydrogens (tertiary/aromatic N) is 4. The third kappa shape index (κ3) is 3.81. The maximum atomic E-state index is 12.5. The normalized spacial score (nSPS) is 14.5. The van der Waals surface area contributed by atoms with Crippen LogP contribution in [0, 0.1) is 0 Å². The number of pyridine rings is 1. The first-order valence-electron chi connectivity index (χ1n) is 9.12. The fraction of sp³-hybridized carbons (Fsp3) is 0.300. The molecule has 1 N–H and O–H groups in total. The van der Waals surface area contributed by atoms with Gasteiger partial charge >= 0.3 is 0 Å². The molecule has 0 radical (unpaired) electrons. The van der Waals surface area contributed by atoms with Gasteiger partial charge in [0.1, 0.15) is 5.82 Å². The summed E-state index contributed by atoms with van der Waals surface area (Å²) in [5.41, 5.74) is 1.81. The van der Waals surface area contributed by atoms with E-state index in [1.54, 1.807) is 18.3 Å². The Balaban J connectivity index is 1.34. The van der Waals surface area contributed by atoms with Gasteiger partial charge in [0.2, 0.25) is 5.91 Å². The van der Waals surface area contributed by atoms with Crippen LogP contribution >= 0.6 is 0 Å². The van der Waals surface area contributed by atoms with E-state index >= 15 is 0 Å². The fourth-order valence-electron chi connectivity index (χ4n) is 3.38. The lowest BCUT2D eigenvalue weighted by atomic mass is 10.2. The Morgan fingerprint density at radius 3 is 2.59 bits per heavy atom. The molecule has 0 bridgehead atoms. The fourth-order valence-corrected chi connectivity index (χ4v) is 3.38. The van der Waals surface area contributed by atoms with E-state index in [1.165, 1.54) is 5.69 Å². The van der Waals surface area contributed by atoms with Crippen LogP contribution in [0.1, 0.15) is 12.2 Å². The van der Waals surface area contributed by atoms with Gasteiger partial charge < -0.3 is 14.8 Å². The molecular formula is C20H21N5O2. The van der Waals surface area contributed by atoms with Crippen LogP contribution in [-0.4, -0.2) is 51.9 Å². The van der Waals surface area contributed by atoms with Gasteiger partial charge in [-0.3, -0.25) is 9.59 Å². The van der Waals surface area contributed by atoms with Gasteiger partial charge in [-0.1, -0.05) is 18.2 Å². The molecule has 27 heavy (non-hydrogen) atoms. The standard InChI is InChI=1S/C20H21N5O2/c26-18(25-13-11-24(12-14-25)15-5-2-1-3-6-15)9-8-17-22-16-7-4-10-21-19(16)20(27)23-17/h1-7,10H,8-9,11-14H2,(H,22,23,27). The molecule has 1 amide bonds. The zero-order valence-electron chi connectivity index (χ0n) is 15.0. The average molecular weight is 363 g/mol. The summed E-state index contributed by atoms with van der Waals surface area (Å²) in [5.74, 6) is 0.619. The van der Waals surface area contributed by atoms with Crippen LogP contribution in [-0.2, 0) is 11.2 Å². The van der Waals surface area contributed by atoms with E-state index in [2.05, 4.69) is 32.0 Å². The minimum atomic E-state index is -0.264. The summed E-state index contributed by atoms with van der Waals surface area (Å²) in [6.45, 7) is 3.07. The molecule has 0 spiro atoms. The molecule has 3 aromatic rings. The quantitative estimate of drug-likeness (QED) is 0.761. The second-order valence-electron chi connectivity index (χ2n) is 6.59. The van der Waals surface area contributed by atoms with E-state index in [9.17, 15) is 9.59 Å². The van der Waals surface area contributed by atoms with Crippen molar-refractivity contribution in [1.82, 2.24) is 19.9 Å². The van der Waals surface area contributed by atoms with Crippen LogP contribution < -0.4 is 10.5 Å². The first-order valence-corrected chi connectivity index (χ1v) is 9.12. The zero-order chi connectivity index (χ0) is 18.6. The molecule has 1 saturated heterocycles. The number of para-hydroxylation sites is 1. The number of benzene rings is 1. The highest BCUT2D eigenvalue weighted by Crippen LogP contribution is 2.16. The number of rotatable bonds is 4. The van der Waals surface area contributed by atoms with Gasteiger partial charge in [-0.25, -0.2) is 9.97 Å². The smallest absolute Gasteiger partial charge is 0.277 e. The summed E-state index contributed by atoms with van der Waals surface area (Å²) in [5, 5.41) is 0. The molecule has 0 atom stereocenters. The lowest BCUT2D eigenvalue weighted by Crippen LogP contribution is -2.48. The Morgan fingerprint density at radius 2 is 1.81 bits per heavy atom. The Hall–Kier alpha value is -3.22. The van der Waals surface area contributed by atoms with Gasteiger partial charge in [-0.05, 0) is 24.3 Å². The van der Waals surface area contributed by atoms with Crippen LogP contribution in [0.25, 0.3) is 11.0 Å². The summed E-state index contributed by atoms with van der Waals surface area (Å²) in [6.07, 6.45) is 2.31. The largest absolute Gasteiger partial charge is 0.368 e. The molecule has 0 aliphatic carbocycles. The van der Waals surface area contributed by atoms with Crippen LogP contribution in [0.15, 0.2) is 53.5 Å². The number of carbonyl (C=O) groups excluding carboxylic acids is 1. The molecule has 1 fully saturated rings. The van der Waals surface area contributed by atoms with E-state index in [1.807, 2.05) is 23.1 Å². The van der Waals surface area contributed by atoms with Crippen molar-refractivity contribution in [2.75, 3.05) is 31.1 Å². The Morgan fingerprint density at radius 1 is 1.04 bits per heavy atom. The van der Waals surface area contributed by atoms with Gasteiger partial charge in [0, 0.05) is 50.9 Å². The van der Waals surface area contributed by atoms with Gasteiger partial charge in [0.05, 0.1) is 5.52 Å². The third-order valence-corrected chi connectivity index (χ3v) is 4.84. The number of aromatic nitrogens is 3. The number of aryl methyl sites for hydroxylation is 1. The second kappa shape index (κ2) is 7.57. The number of anilines is 1. The summed E-state index contributed by atoms with van der Waals surface area (Å²) in [7, 11) is 0. The Bertz CT molecular complexity index is 994. The van der Waals surface area contributed by atoms with Crippen molar-refractivity contribution in [2.45, 2.75) is 12.8 Å². The SMILES string of the molecule is O=C(CCc1nc2cccnc2c(=O)[nH]1)N1CCN(c2ccccc2)CC1. The van der Waals surface area contributed by atoms with Crippen LogP contribution in [0.5, 0.6) is 0 Å². The predicted octanol–water partition coefficient (Wildman–Crippen LogP) is 1.60. The highest BCUT2D eigenvalue weighted by Gasteiger charge is 2.21. The molecule has 4 rings (SSSR count). The molecule has 0 saturated carbocycles. The molecule has 1 aliphatic heterocycles. The number of amides is 1. The molecule has 0 unspecified atom stereocenters. The summed E-state index contributed by atoms with van der Waals surface area (Å²) in [4.78, 5) is 39.9. The number of nitrogens with one attached hydrogen (secondary N) is 1. The Labute approximate surface area is 156 Å². The second-order valence-corrected chi connectivity index (χ2v) is 6.59. The first kappa shape index (κ1) is 17.2. The maximum Gasteiger partial charge on any atom is 0.277 e. The van der Waals surface area contributed by atoms with Crippen molar-refractivity contribution < 1.29 is 4.79 Å². The topological polar surface area (TPSA) is 82.2 Å². The third-order valence-electron chi connectivity index (χ3n) is 4.84. The lowest BCUT2D eigenvalue weighted by molar-refractivity contribution is -0.131. The van der Waals surface area contributed by atoms with E-state index in [-0.39, 0.29) is 11.5 Å². The average Bonchev–Trinajstić information content (AvgIpc) is 2.73. The van der Waals surface area contributed by atoms with Gasteiger partial charge in [-0.2, -0.15) is 0 Å². The maximum absolute atomic E-state index is 12.5. The van der Waals surface area contributed by atoms with Crippen LogP contribution in [0.4, 0.5) is 5.69 Å². The molecule has 7 heteroatoms. The summed E-state index contributed by atoms with van der Waals surface area (Å²) < 4.78 is 0. The van der Waals surface area contributed by atoms with Crippen LogP contribution in [0.3, 0.4) is 0 Å². The van der Waals surface area contributed by atoms with Crippen molar-refractivity contribution in [2.24, 2.45) is 0 Å². The number of hydrogen-bond acceptors (Lipinski definition) is 5. The molecule has 1 aromatic carbocycles. The number of hydrogen-bond donors (Lipinski definition) is 1. The summed E-state index contributed by atoms with van der Waals surface area (Å²) >= 11 is 0. The van der Waals surface area contributed by atoms with E-state index in [4.69, 9.17) is 0 Å². The minimum absolute atomic E-state index is 0.0941.